The predicted molar refractivity (Wildman–Crippen MR) is 111 cm³/mol. The molecule has 3 aromatic rings. The molecule has 5 nitrogen and oxygen atoms in total. The van der Waals surface area contributed by atoms with Crippen molar-refractivity contribution < 1.29 is 19.1 Å². The summed E-state index contributed by atoms with van der Waals surface area (Å²) in [5, 5.41) is 2.63. The van der Waals surface area contributed by atoms with E-state index in [0.717, 1.165) is 11.1 Å². The first-order valence-corrected chi connectivity index (χ1v) is 9.23. The van der Waals surface area contributed by atoms with Crippen molar-refractivity contribution in [3.63, 3.8) is 0 Å². The molecule has 0 bridgehead atoms. The van der Waals surface area contributed by atoms with Crippen LogP contribution in [0.1, 0.15) is 38.8 Å². The van der Waals surface area contributed by atoms with Gasteiger partial charge in [0.05, 0.1) is 5.56 Å². The maximum absolute atomic E-state index is 12.5. The number of ketones is 1. The van der Waals surface area contributed by atoms with Gasteiger partial charge in [0.1, 0.15) is 0 Å². The number of nitrogens with one attached hydrogen (secondary N) is 1. The second kappa shape index (κ2) is 9.46. The standard InChI is InChI=1S/C24H21NO4/c1-17(26)25-21-13-11-19(12-14-21)23(27)16-29-24(28)22-10-6-5-9-20(22)15-18-7-3-2-4-8-18/h2-14H,15-16H2,1H3,(H,25,26). The first kappa shape index (κ1) is 20.0. The SMILES string of the molecule is CC(=O)Nc1ccc(C(=O)COC(=O)c2ccccc2Cc2ccccc2)cc1. The molecule has 0 unspecified atom stereocenters. The molecule has 0 fully saturated rings. The third-order valence-corrected chi connectivity index (χ3v) is 4.34. The van der Waals surface area contributed by atoms with Crippen LogP contribution in [0.15, 0.2) is 78.9 Å². The number of carbonyl (C=O) groups is 3. The van der Waals surface area contributed by atoms with Crippen LogP contribution in [0.2, 0.25) is 0 Å². The highest BCUT2D eigenvalue weighted by molar-refractivity contribution is 6.00. The highest BCUT2D eigenvalue weighted by Gasteiger charge is 2.15. The lowest BCUT2D eigenvalue weighted by Gasteiger charge is -2.10. The Kier molecular flexibility index (Phi) is 6.53. The van der Waals surface area contributed by atoms with Crippen LogP contribution in [0.25, 0.3) is 0 Å². The molecule has 0 aliphatic heterocycles. The fourth-order valence-corrected chi connectivity index (χ4v) is 2.92. The van der Waals surface area contributed by atoms with Crippen molar-refractivity contribution in [1.82, 2.24) is 0 Å². The zero-order chi connectivity index (χ0) is 20.6. The minimum Gasteiger partial charge on any atom is -0.454 e. The Balaban J connectivity index is 1.63. The normalized spacial score (nSPS) is 10.2. The smallest absolute Gasteiger partial charge is 0.338 e. The van der Waals surface area contributed by atoms with Crippen molar-refractivity contribution in [2.45, 2.75) is 13.3 Å². The van der Waals surface area contributed by atoms with Gasteiger partial charge >= 0.3 is 5.97 Å². The average Bonchev–Trinajstić information content (AvgIpc) is 2.73. The fourth-order valence-electron chi connectivity index (χ4n) is 2.92. The van der Waals surface area contributed by atoms with E-state index in [1.165, 1.54) is 6.92 Å². The third kappa shape index (κ3) is 5.62. The molecule has 0 aliphatic rings. The van der Waals surface area contributed by atoms with Gasteiger partial charge < -0.3 is 10.1 Å². The van der Waals surface area contributed by atoms with Crippen LogP contribution in [-0.2, 0) is 16.0 Å². The highest BCUT2D eigenvalue weighted by atomic mass is 16.5. The van der Waals surface area contributed by atoms with Crippen LogP contribution in [0.4, 0.5) is 5.69 Å². The van der Waals surface area contributed by atoms with Gasteiger partial charge in [-0.15, -0.1) is 0 Å². The van der Waals surface area contributed by atoms with Gasteiger partial charge in [0.25, 0.3) is 0 Å². The van der Waals surface area contributed by atoms with Crippen LogP contribution in [0.5, 0.6) is 0 Å². The Morgan fingerprint density at radius 1 is 0.828 bits per heavy atom. The predicted octanol–water partition coefficient (Wildman–Crippen LogP) is 4.28. The van der Waals surface area contributed by atoms with Gasteiger partial charge in [-0.25, -0.2) is 4.79 Å². The van der Waals surface area contributed by atoms with Gasteiger partial charge in [-0.2, -0.15) is 0 Å². The van der Waals surface area contributed by atoms with Gasteiger partial charge in [0, 0.05) is 18.2 Å². The van der Waals surface area contributed by atoms with E-state index in [2.05, 4.69) is 5.32 Å². The van der Waals surface area contributed by atoms with E-state index >= 15 is 0 Å². The van der Waals surface area contributed by atoms with Crippen LogP contribution < -0.4 is 5.32 Å². The number of hydrogen-bond donors (Lipinski definition) is 1. The van der Waals surface area contributed by atoms with Crippen molar-refractivity contribution in [1.29, 1.82) is 0 Å². The maximum atomic E-state index is 12.5. The fraction of sp³-hybridized carbons (Fsp3) is 0.125. The number of ether oxygens (including phenoxy) is 1. The van der Waals surface area contributed by atoms with E-state index in [1.807, 2.05) is 42.5 Å². The summed E-state index contributed by atoms with van der Waals surface area (Å²) in [6.45, 7) is 1.06. The van der Waals surface area contributed by atoms with Crippen molar-refractivity contribution in [3.8, 4) is 0 Å². The molecule has 0 aliphatic carbocycles. The van der Waals surface area contributed by atoms with Gasteiger partial charge in [0.15, 0.2) is 12.4 Å². The lowest BCUT2D eigenvalue weighted by molar-refractivity contribution is -0.114. The van der Waals surface area contributed by atoms with Crippen molar-refractivity contribution in [3.05, 3.63) is 101 Å². The van der Waals surface area contributed by atoms with E-state index in [1.54, 1.807) is 36.4 Å². The topological polar surface area (TPSA) is 72.5 Å². The average molecular weight is 387 g/mol. The number of esters is 1. The summed E-state index contributed by atoms with van der Waals surface area (Å²) < 4.78 is 5.26. The van der Waals surface area contributed by atoms with E-state index in [-0.39, 0.29) is 18.3 Å². The maximum Gasteiger partial charge on any atom is 0.338 e. The molecular formula is C24H21NO4. The molecule has 1 amide bonds. The van der Waals surface area contributed by atoms with E-state index in [0.29, 0.717) is 23.2 Å². The Morgan fingerprint density at radius 2 is 1.48 bits per heavy atom. The Hall–Kier alpha value is -3.73. The summed E-state index contributed by atoms with van der Waals surface area (Å²) in [5.41, 5.74) is 3.38. The summed E-state index contributed by atoms with van der Waals surface area (Å²) in [5.74, 6) is -1.03. The second-order valence-corrected chi connectivity index (χ2v) is 6.58. The molecule has 3 rings (SSSR count). The lowest BCUT2D eigenvalue weighted by Crippen LogP contribution is -2.16. The number of amides is 1. The minimum atomic E-state index is -0.528. The molecule has 0 heterocycles. The first-order valence-electron chi connectivity index (χ1n) is 9.23. The molecule has 0 aromatic heterocycles. The summed E-state index contributed by atoms with van der Waals surface area (Å²) in [6, 6.07) is 23.5. The van der Waals surface area contributed by atoms with Gasteiger partial charge in [0.2, 0.25) is 5.91 Å². The number of anilines is 1. The molecule has 146 valence electrons. The summed E-state index contributed by atoms with van der Waals surface area (Å²) in [7, 11) is 0. The minimum absolute atomic E-state index is 0.188. The molecule has 0 radical (unpaired) electrons. The Bertz CT molecular complexity index is 1010. The molecular weight excluding hydrogens is 366 g/mol. The second-order valence-electron chi connectivity index (χ2n) is 6.58. The summed E-state index contributed by atoms with van der Waals surface area (Å²) in [4.78, 5) is 35.9. The monoisotopic (exact) mass is 387 g/mol. The quantitative estimate of drug-likeness (QED) is 0.485. The molecule has 29 heavy (non-hydrogen) atoms. The highest BCUT2D eigenvalue weighted by Crippen LogP contribution is 2.16. The van der Waals surface area contributed by atoms with Crippen molar-refractivity contribution in [2.24, 2.45) is 0 Å². The number of hydrogen-bond acceptors (Lipinski definition) is 4. The molecule has 0 saturated carbocycles. The van der Waals surface area contributed by atoms with Gasteiger partial charge in [-0.05, 0) is 47.9 Å². The molecule has 0 atom stereocenters. The molecule has 1 N–H and O–H groups in total. The van der Waals surface area contributed by atoms with Crippen LogP contribution in [0, 0.1) is 0 Å². The number of Topliss-reactive ketones (excluding diaryl/α,β-unsaturated/α-hetero) is 1. The largest absolute Gasteiger partial charge is 0.454 e. The van der Waals surface area contributed by atoms with Gasteiger partial charge in [-0.1, -0.05) is 48.5 Å². The summed E-state index contributed by atoms with van der Waals surface area (Å²) in [6.07, 6.45) is 0.602. The van der Waals surface area contributed by atoms with Crippen LogP contribution >= 0.6 is 0 Å². The number of rotatable bonds is 7. The first-order chi connectivity index (χ1) is 14.0. The Morgan fingerprint density at radius 3 is 2.17 bits per heavy atom. The Labute approximate surface area is 169 Å². The molecule has 0 spiro atoms. The van der Waals surface area contributed by atoms with Crippen LogP contribution in [0.3, 0.4) is 0 Å². The zero-order valence-corrected chi connectivity index (χ0v) is 16.1. The number of carbonyl (C=O) groups excluding carboxylic acids is 3. The van der Waals surface area contributed by atoms with Crippen LogP contribution in [-0.4, -0.2) is 24.3 Å². The molecule has 3 aromatic carbocycles. The third-order valence-electron chi connectivity index (χ3n) is 4.34. The van der Waals surface area contributed by atoms with Crippen molar-refractivity contribution in [2.75, 3.05) is 11.9 Å². The van der Waals surface area contributed by atoms with Crippen molar-refractivity contribution >= 4 is 23.3 Å². The molecule has 5 heteroatoms. The van der Waals surface area contributed by atoms with E-state index in [4.69, 9.17) is 4.74 Å². The molecule has 0 saturated heterocycles. The van der Waals surface area contributed by atoms with E-state index < -0.39 is 5.97 Å². The summed E-state index contributed by atoms with van der Waals surface area (Å²) >= 11 is 0. The number of benzene rings is 3. The van der Waals surface area contributed by atoms with Gasteiger partial charge in [-0.3, -0.25) is 9.59 Å². The van der Waals surface area contributed by atoms with E-state index in [9.17, 15) is 14.4 Å². The zero-order valence-electron chi connectivity index (χ0n) is 16.1. The lowest BCUT2D eigenvalue weighted by atomic mass is 10.00.